The molecule has 0 aliphatic rings. The molecule has 1 N–H and O–H groups in total. The molecule has 31 heavy (non-hydrogen) atoms. The first-order chi connectivity index (χ1) is 15.1. The third-order valence-corrected chi connectivity index (χ3v) is 4.86. The normalized spacial score (nSPS) is 10.6. The molecule has 2 heterocycles. The predicted octanol–water partition coefficient (Wildman–Crippen LogP) is 3.02. The van der Waals surface area contributed by atoms with Gasteiger partial charge in [-0.1, -0.05) is 48.5 Å². The SMILES string of the molecule is COc1cn(-c2ccccc2)nc1C(=O)NCc1ccc(Cn2ccccc2=O)cc1. The van der Waals surface area contributed by atoms with Crippen molar-refractivity contribution in [3.8, 4) is 11.4 Å². The first-order valence-corrected chi connectivity index (χ1v) is 9.84. The van der Waals surface area contributed by atoms with E-state index in [0.29, 0.717) is 18.8 Å². The molecule has 1 amide bonds. The van der Waals surface area contributed by atoms with E-state index < -0.39 is 0 Å². The molecule has 7 heteroatoms. The second-order valence-corrected chi connectivity index (χ2v) is 6.99. The highest BCUT2D eigenvalue weighted by Gasteiger charge is 2.18. The number of methoxy groups -OCH3 is 1. The predicted molar refractivity (Wildman–Crippen MR) is 118 cm³/mol. The van der Waals surface area contributed by atoms with E-state index in [1.807, 2.05) is 60.7 Å². The number of benzene rings is 2. The van der Waals surface area contributed by atoms with Gasteiger partial charge in [-0.3, -0.25) is 9.59 Å². The van der Waals surface area contributed by atoms with Crippen molar-refractivity contribution >= 4 is 5.91 Å². The Balaban J connectivity index is 1.41. The lowest BCUT2D eigenvalue weighted by molar-refractivity contribution is 0.0942. The molecule has 0 bridgehead atoms. The Morgan fingerprint density at radius 2 is 1.68 bits per heavy atom. The van der Waals surface area contributed by atoms with E-state index in [1.165, 1.54) is 13.2 Å². The van der Waals surface area contributed by atoms with Gasteiger partial charge in [-0.2, -0.15) is 5.10 Å². The van der Waals surface area contributed by atoms with Crippen molar-refractivity contribution in [3.05, 3.63) is 112 Å². The summed E-state index contributed by atoms with van der Waals surface area (Å²) in [5, 5.41) is 7.26. The number of para-hydroxylation sites is 1. The van der Waals surface area contributed by atoms with Gasteiger partial charge in [0.15, 0.2) is 11.4 Å². The smallest absolute Gasteiger partial charge is 0.275 e. The van der Waals surface area contributed by atoms with Crippen LogP contribution in [0, 0.1) is 0 Å². The first-order valence-electron chi connectivity index (χ1n) is 9.84. The molecule has 7 nitrogen and oxygen atoms in total. The van der Waals surface area contributed by atoms with Gasteiger partial charge in [0.25, 0.3) is 11.5 Å². The minimum absolute atomic E-state index is 0.0391. The average molecular weight is 414 g/mol. The number of rotatable bonds is 7. The lowest BCUT2D eigenvalue weighted by Crippen LogP contribution is -2.24. The van der Waals surface area contributed by atoms with Gasteiger partial charge in [0.05, 0.1) is 25.5 Å². The number of nitrogens with one attached hydrogen (secondary N) is 1. The van der Waals surface area contributed by atoms with Gasteiger partial charge >= 0.3 is 0 Å². The standard InChI is InChI=1S/C24H22N4O3/c1-31-21-17-28(20-7-3-2-4-8-20)26-23(21)24(30)25-15-18-10-12-19(13-11-18)16-27-14-6-5-9-22(27)29/h2-14,17H,15-16H2,1H3,(H,25,30). The molecule has 2 aromatic heterocycles. The topological polar surface area (TPSA) is 78.2 Å². The highest BCUT2D eigenvalue weighted by atomic mass is 16.5. The largest absolute Gasteiger partial charge is 0.493 e. The number of amides is 1. The van der Waals surface area contributed by atoms with E-state index in [2.05, 4.69) is 10.4 Å². The minimum Gasteiger partial charge on any atom is -0.493 e. The van der Waals surface area contributed by atoms with E-state index in [0.717, 1.165) is 16.8 Å². The summed E-state index contributed by atoms with van der Waals surface area (Å²) < 4.78 is 8.59. The van der Waals surface area contributed by atoms with Gasteiger partial charge in [0.1, 0.15) is 0 Å². The Hall–Kier alpha value is -4.13. The molecule has 0 aliphatic carbocycles. The summed E-state index contributed by atoms with van der Waals surface area (Å²) in [6.45, 7) is 0.853. The molecule has 0 spiro atoms. The molecular formula is C24H22N4O3. The van der Waals surface area contributed by atoms with Gasteiger partial charge in [-0.25, -0.2) is 4.68 Å². The molecule has 0 fully saturated rings. The summed E-state index contributed by atoms with van der Waals surface area (Å²) in [7, 11) is 1.51. The summed E-state index contributed by atoms with van der Waals surface area (Å²) in [6.07, 6.45) is 3.45. The van der Waals surface area contributed by atoms with E-state index in [4.69, 9.17) is 4.74 Å². The zero-order valence-corrected chi connectivity index (χ0v) is 17.1. The maximum absolute atomic E-state index is 12.7. The number of aromatic nitrogens is 3. The fraction of sp³-hybridized carbons (Fsp3) is 0.125. The third-order valence-electron chi connectivity index (χ3n) is 4.86. The fourth-order valence-electron chi connectivity index (χ4n) is 3.19. The molecule has 0 atom stereocenters. The number of carbonyl (C=O) groups excluding carboxylic acids is 1. The van der Waals surface area contributed by atoms with Crippen LogP contribution in [0.4, 0.5) is 0 Å². The summed E-state index contributed by atoms with van der Waals surface area (Å²) in [4.78, 5) is 24.5. The molecular weight excluding hydrogens is 392 g/mol. The van der Waals surface area contributed by atoms with Gasteiger partial charge in [0, 0.05) is 18.8 Å². The van der Waals surface area contributed by atoms with Crippen molar-refractivity contribution in [2.45, 2.75) is 13.1 Å². The molecule has 2 aromatic carbocycles. The van der Waals surface area contributed by atoms with Gasteiger partial charge in [-0.05, 0) is 29.3 Å². The first kappa shape index (κ1) is 20.2. The van der Waals surface area contributed by atoms with Crippen molar-refractivity contribution in [1.82, 2.24) is 19.7 Å². The van der Waals surface area contributed by atoms with Gasteiger partial charge in [0.2, 0.25) is 0 Å². The van der Waals surface area contributed by atoms with Crippen LogP contribution in [0.15, 0.2) is 90.0 Å². The number of carbonyl (C=O) groups is 1. The zero-order chi connectivity index (χ0) is 21.6. The molecule has 0 unspecified atom stereocenters. The van der Waals surface area contributed by atoms with Crippen LogP contribution < -0.4 is 15.6 Å². The molecule has 0 radical (unpaired) electrons. The van der Waals surface area contributed by atoms with Crippen molar-refractivity contribution in [1.29, 1.82) is 0 Å². The number of hydrogen-bond acceptors (Lipinski definition) is 4. The van der Waals surface area contributed by atoms with Gasteiger partial charge < -0.3 is 14.6 Å². The lowest BCUT2D eigenvalue weighted by atomic mass is 10.1. The Kier molecular flexibility index (Phi) is 5.93. The molecule has 0 saturated heterocycles. The Morgan fingerprint density at radius 3 is 2.39 bits per heavy atom. The second-order valence-electron chi connectivity index (χ2n) is 6.99. The highest BCUT2D eigenvalue weighted by molar-refractivity contribution is 5.94. The van der Waals surface area contributed by atoms with Crippen molar-refractivity contribution in [2.24, 2.45) is 0 Å². The fourth-order valence-corrected chi connectivity index (χ4v) is 3.19. The second kappa shape index (κ2) is 9.13. The monoisotopic (exact) mass is 414 g/mol. The minimum atomic E-state index is -0.313. The van der Waals surface area contributed by atoms with Crippen molar-refractivity contribution in [3.63, 3.8) is 0 Å². The maximum atomic E-state index is 12.7. The quantitative estimate of drug-likeness (QED) is 0.504. The maximum Gasteiger partial charge on any atom is 0.275 e. The molecule has 4 rings (SSSR count). The Labute approximate surface area is 179 Å². The van der Waals surface area contributed by atoms with Crippen LogP contribution in [0.5, 0.6) is 5.75 Å². The molecule has 4 aromatic rings. The van der Waals surface area contributed by atoms with E-state index in [1.54, 1.807) is 27.7 Å². The van der Waals surface area contributed by atoms with Crippen LogP contribution in [0.25, 0.3) is 5.69 Å². The van der Waals surface area contributed by atoms with Crippen molar-refractivity contribution in [2.75, 3.05) is 7.11 Å². The van der Waals surface area contributed by atoms with Crippen LogP contribution in [0.3, 0.4) is 0 Å². The summed E-state index contributed by atoms with van der Waals surface area (Å²) in [6, 6.07) is 22.4. The molecule has 156 valence electrons. The Morgan fingerprint density at radius 1 is 0.968 bits per heavy atom. The third kappa shape index (κ3) is 4.72. The van der Waals surface area contributed by atoms with Crippen LogP contribution >= 0.6 is 0 Å². The van der Waals surface area contributed by atoms with Gasteiger partial charge in [-0.15, -0.1) is 0 Å². The van der Waals surface area contributed by atoms with Crippen LogP contribution in [-0.4, -0.2) is 27.4 Å². The molecule has 0 saturated carbocycles. The summed E-state index contributed by atoms with van der Waals surface area (Å²) >= 11 is 0. The zero-order valence-electron chi connectivity index (χ0n) is 17.1. The summed E-state index contributed by atoms with van der Waals surface area (Å²) in [5.74, 6) is 0.0939. The average Bonchev–Trinajstić information content (AvgIpc) is 3.25. The van der Waals surface area contributed by atoms with E-state index in [9.17, 15) is 9.59 Å². The number of ether oxygens (including phenoxy) is 1. The van der Waals surface area contributed by atoms with Crippen LogP contribution in [0.1, 0.15) is 21.6 Å². The van der Waals surface area contributed by atoms with E-state index >= 15 is 0 Å². The lowest BCUT2D eigenvalue weighted by Gasteiger charge is -2.08. The van der Waals surface area contributed by atoms with Crippen LogP contribution in [-0.2, 0) is 13.1 Å². The van der Waals surface area contributed by atoms with Crippen LogP contribution in [0.2, 0.25) is 0 Å². The van der Waals surface area contributed by atoms with E-state index in [-0.39, 0.29) is 17.2 Å². The number of hydrogen-bond donors (Lipinski definition) is 1. The number of nitrogens with zero attached hydrogens (tertiary/aromatic N) is 3. The number of pyridine rings is 1. The molecule has 0 aliphatic heterocycles. The highest BCUT2D eigenvalue weighted by Crippen LogP contribution is 2.19. The van der Waals surface area contributed by atoms with Crippen molar-refractivity contribution < 1.29 is 9.53 Å². The Bertz CT molecular complexity index is 1230. The summed E-state index contributed by atoms with van der Waals surface area (Å²) in [5.41, 5.74) is 2.98.